The molecule has 0 bridgehead atoms. The summed E-state index contributed by atoms with van der Waals surface area (Å²) < 4.78 is 11.7. The molecule has 4 rings (SSSR count). The van der Waals surface area contributed by atoms with Gasteiger partial charge in [-0.1, -0.05) is 41.9 Å². The fourth-order valence-electron chi connectivity index (χ4n) is 2.76. The summed E-state index contributed by atoms with van der Waals surface area (Å²) in [5, 5.41) is 0.535. The lowest BCUT2D eigenvalue weighted by Gasteiger charge is -2.25. The number of carbonyl (C=O) groups is 1. The molecule has 1 aliphatic heterocycles. The summed E-state index contributed by atoms with van der Waals surface area (Å²) in [4.78, 5) is 16.6. The Hall–Kier alpha value is -2.85. The molecule has 0 aliphatic carbocycles. The number of ether oxygens (including phenoxy) is 2. The number of fused-ring (bicyclic) bond motifs is 1. The Balaban J connectivity index is 1.58. The average molecular weight is 352 g/mol. The van der Waals surface area contributed by atoms with Crippen molar-refractivity contribution in [1.29, 1.82) is 0 Å². The van der Waals surface area contributed by atoms with E-state index in [1.807, 2.05) is 30.3 Å². The van der Waals surface area contributed by atoms with Gasteiger partial charge in [-0.3, -0.25) is 4.79 Å². The smallest absolute Gasteiger partial charge is 0.219 e. The first kappa shape index (κ1) is 15.7. The Morgan fingerprint density at radius 3 is 2.68 bits per heavy atom. The van der Waals surface area contributed by atoms with Gasteiger partial charge in [-0.05, 0) is 29.8 Å². The molecule has 0 saturated carbocycles. The van der Waals surface area contributed by atoms with E-state index < -0.39 is 0 Å². The van der Waals surface area contributed by atoms with Crippen LogP contribution in [-0.4, -0.2) is 10.8 Å². The van der Waals surface area contributed by atoms with Crippen molar-refractivity contribution < 1.29 is 14.3 Å². The molecule has 0 saturated heterocycles. The van der Waals surface area contributed by atoms with E-state index in [9.17, 15) is 4.79 Å². The van der Waals surface area contributed by atoms with Crippen molar-refractivity contribution in [2.24, 2.45) is 0 Å². The summed E-state index contributed by atoms with van der Waals surface area (Å²) in [5.41, 5.74) is 1.52. The van der Waals surface area contributed by atoms with Crippen molar-refractivity contribution in [1.82, 2.24) is 4.98 Å². The van der Waals surface area contributed by atoms with Crippen molar-refractivity contribution in [2.75, 3.05) is 0 Å². The van der Waals surface area contributed by atoms with E-state index >= 15 is 0 Å². The number of Topliss-reactive ketones (excluding diaryl/α,β-unsaturated/α-hetero) is 1. The first-order valence-corrected chi connectivity index (χ1v) is 8.25. The first-order valence-electron chi connectivity index (χ1n) is 7.87. The van der Waals surface area contributed by atoms with Gasteiger partial charge in [0.2, 0.25) is 5.88 Å². The first-order chi connectivity index (χ1) is 12.2. The highest BCUT2D eigenvalue weighted by Gasteiger charge is 2.28. The number of hydrogen-bond donors (Lipinski definition) is 0. The molecule has 0 N–H and O–H groups in total. The van der Waals surface area contributed by atoms with Crippen LogP contribution in [-0.2, 0) is 0 Å². The van der Waals surface area contributed by atoms with E-state index in [1.54, 1.807) is 30.3 Å². The molecule has 4 nitrogen and oxygen atoms in total. The molecule has 0 spiro atoms. The number of hydrogen-bond acceptors (Lipinski definition) is 4. The van der Waals surface area contributed by atoms with E-state index in [-0.39, 0.29) is 11.9 Å². The largest absolute Gasteiger partial charge is 0.484 e. The van der Waals surface area contributed by atoms with Gasteiger partial charge >= 0.3 is 0 Å². The van der Waals surface area contributed by atoms with Gasteiger partial charge in [-0.2, -0.15) is 0 Å². The SMILES string of the molecule is O=C1CC(c2ccccc2)Oc2ccc(Oc3ccc(Cl)cn3)cc21. The number of rotatable bonds is 3. The van der Waals surface area contributed by atoms with Crippen molar-refractivity contribution in [2.45, 2.75) is 12.5 Å². The fourth-order valence-corrected chi connectivity index (χ4v) is 2.88. The van der Waals surface area contributed by atoms with Crippen LogP contribution < -0.4 is 9.47 Å². The summed E-state index contributed by atoms with van der Waals surface area (Å²) in [6.45, 7) is 0. The second-order valence-electron chi connectivity index (χ2n) is 5.72. The molecular weight excluding hydrogens is 338 g/mol. The lowest BCUT2D eigenvalue weighted by molar-refractivity contribution is 0.0849. The second kappa shape index (κ2) is 6.57. The van der Waals surface area contributed by atoms with Gasteiger partial charge in [-0.15, -0.1) is 0 Å². The molecule has 1 unspecified atom stereocenters. The maximum Gasteiger partial charge on any atom is 0.219 e. The Bertz CT molecular complexity index is 910. The van der Waals surface area contributed by atoms with Crippen LogP contribution in [0.5, 0.6) is 17.4 Å². The van der Waals surface area contributed by atoms with Crippen LogP contribution in [0.25, 0.3) is 0 Å². The zero-order chi connectivity index (χ0) is 17.2. The Morgan fingerprint density at radius 2 is 1.92 bits per heavy atom. The van der Waals surface area contributed by atoms with Gasteiger partial charge < -0.3 is 9.47 Å². The van der Waals surface area contributed by atoms with E-state index in [4.69, 9.17) is 21.1 Å². The predicted octanol–water partition coefficient (Wildman–Crippen LogP) is 5.23. The van der Waals surface area contributed by atoms with Crippen molar-refractivity contribution in [3.05, 3.63) is 83.0 Å². The average Bonchev–Trinajstić information content (AvgIpc) is 2.65. The molecular formula is C20H14ClNO3. The van der Waals surface area contributed by atoms with Crippen LogP contribution in [0.15, 0.2) is 66.9 Å². The monoisotopic (exact) mass is 351 g/mol. The zero-order valence-corrected chi connectivity index (χ0v) is 13.9. The number of halogens is 1. The minimum absolute atomic E-state index is 0.0321. The molecule has 1 aromatic heterocycles. The molecule has 5 heteroatoms. The lowest BCUT2D eigenvalue weighted by Crippen LogP contribution is -2.20. The van der Waals surface area contributed by atoms with Gasteiger partial charge in [0.25, 0.3) is 0 Å². The van der Waals surface area contributed by atoms with Crippen LogP contribution in [0.3, 0.4) is 0 Å². The molecule has 2 aromatic carbocycles. The number of aromatic nitrogens is 1. The second-order valence-corrected chi connectivity index (χ2v) is 6.16. The number of nitrogens with zero attached hydrogens (tertiary/aromatic N) is 1. The quantitative estimate of drug-likeness (QED) is 0.648. The third-order valence-electron chi connectivity index (χ3n) is 3.99. The molecule has 0 amide bonds. The number of pyridine rings is 1. The van der Waals surface area contributed by atoms with E-state index in [0.717, 1.165) is 5.56 Å². The van der Waals surface area contributed by atoms with E-state index in [1.165, 1.54) is 6.20 Å². The third kappa shape index (κ3) is 3.35. The predicted molar refractivity (Wildman–Crippen MR) is 94.5 cm³/mol. The molecule has 1 atom stereocenters. The minimum Gasteiger partial charge on any atom is -0.484 e. The fraction of sp³-hybridized carbons (Fsp3) is 0.100. The molecule has 1 aliphatic rings. The Kier molecular flexibility index (Phi) is 4.12. The molecule has 0 radical (unpaired) electrons. The summed E-state index contributed by atoms with van der Waals surface area (Å²) in [6.07, 6.45) is 1.55. The van der Waals surface area contributed by atoms with Gasteiger partial charge in [0.15, 0.2) is 5.78 Å². The summed E-state index contributed by atoms with van der Waals surface area (Å²) in [5.74, 6) is 1.55. The topological polar surface area (TPSA) is 48.4 Å². The van der Waals surface area contributed by atoms with Crippen LogP contribution >= 0.6 is 11.6 Å². The third-order valence-corrected chi connectivity index (χ3v) is 4.21. The zero-order valence-electron chi connectivity index (χ0n) is 13.2. The minimum atomic E-state index is -0.258. The van der Waals surface area contributed by atoms with Crippen LogP contribution in [0.2, 0.25) is 5.02 Å². The molecule has 124 valence electrons. The summed E-state index contributed by atoms with van der Waals surface area (Å²) in [6, 6.07) is 18.3. The maximum atomic E-state index is 12.5. The summed E-state index contributed by atoms with van der Waals surface area (Å²) in [7, 11) is 0. The van der Waals surface area contributed by atoms with Crippen molar-refractivity contribution >= 4 is 17.4 Å². The highest BCUT2D eigenvalue weighted by Crippen LogP contribution is 2.37. The molecule has 2 heterocycles. The van der Waals surface area contributed by atoms with Crippen LogP contribution in [0.1, 0.15) is 28.4 Å². The number of benzene rings is 2. The van der Waals surface area contributed by atoms with Crippen molar-refractivity contribution in [3.8, 4) is 17.4 Å². The van der Waals surface area contributed by atoms with Gasteiger partial charge in [-0.25, -0.2) is 4.98 Å². The van der Waals surface area contributed by atoms with E-state index in [2.05, 4.69) is 4.98 Å². The standard InChI is InChI=1S/C20H14ClNO3/c21-14-6-9-20(22-12-14)24-15-7-8-18-16(10-15)17(23)11-19(25-18)13-4-2-1-3-5-13/h1-10,12,19H,11H2. The summed E-state index contributed by atoms with van der Waals surface area (Å²) >= 11 is 5.81. The normalized spacial score (nSPS) is 16.0. The highest BCUT2D eigenvalue weighted by atomic mass is 35.5. The number of carbonyl (C=O) groups excluding carboxylic acids is 1. The van der Waals surface area contributed by atoms with Crippen molar-refractivity contribution in [3.63, 3.8) is 0 Å². The maximum absolute atomic E-state index is 12.5. The van der Waals surface area contributed by atoms with Crippen LogP contribution in [0, 0.1) is 0 Å². The van der Waals surface area contributed by atoms with Gasteiger partial charge in [0, 0.05) is 12.3 Å². The Labute approximate surface area is 150 Å². The van der Waals surface area contributed by atoms with Crippen LogP contribution in [0.4, 0.5) is 0 Å². The lowest BCUT2D eigenvalue weighted by atomic mass is 9.96. The molecule has 3 aromatic rings. The van der Waals surface area contributed by atoms with E-state index in [0.29, 0.717) is 34.4 Å². The number of ketones is 1. The molecule has 0 fully saturated rings. The van der Waals surface area contributed by atoms with Gasteiger partial charge in [0.05, 0.1) is 17.0 Å². The molecule has 25 heavy (non-hydrogen) atoms. The van der Waals surface area contributed by atoms with Gasteiger partial charge in [0.1, 0.15) is 17.6 Å². The highest BCUT2D eigenvalue weighted by molar-refractivity contribution is 6.30. The Morgan fingerprint density at radius 1 is 1.08 bits per heavy atom.